The van der Waals surface area contributed by atoms with Gasteiger partial charge in [0, 0.05) is 12.4 Å². The number of pyridine rings is 1. The zero-order chi connectivity index (χ0) is 20.1. The van der Waals surface area contributed by atoms with Gasteiger partial charge in [0.2, 0.25) is 0 Å². The van der Waals surface area contributed by atoms with E-state index in [0.29, 0.717) is 24.2 Å². The van der Waals surface area contributed by atoms with Crippen molar-refractivity contribution in [1.29, 1.82) is 0 Å². The summed E-state index contributed by atoms with van der Waals surface area (Å²) in [5, 5.41) is 11.8. The highest BCUT2D eigenvalue weighted by molar-refractivity contribution is 5.98. The lowest BCUT2D eigenvalue weighted by molar-refractivity contribution is -0.139. The van der Waals surface area contributed by atoms with Gasteiger partial charge in [-0.2, -0.15) is 0 Å². The molecule has 0 bridgehead atoms. The molecule has 3 rings (SSSR count). The lowest BCUT2D eigenvalue weighted by Crippen LogP contribution is -2.40. The Bertz CT molecular complexity index is 996. The number of carboxylic acids is 1. The van der Waals surface area contributed by atoms with E-state index in [2.05, 4.69) is 10.3 Å². The number of rotatable bonds is 8. The number of carboxylic acid groups (broad SMARTS) is 1. The Balaban J connectivity index is 1.75. The van der Waals surface area contributed by atoms with Crippen molar-refractivity contribution in [2.24, 2.45) is 0 Å². The quantitative estimate of drug-likeness (QED) is 0.625. The van der Waals surface area contributed by atoms with Gasteiger partial charge in [-0.3, -0.25) is 4.79 Å². The van der Waals surface area contributed by atoms with Crippen molar-refractivity contribution < 1.29 is 19.4 Å². The molecule has 2 aromatic heterocycles. The van der Waals surface area contributed by atoms with Gasteiger partial charge < -0.3 is 19.6 Å². The largest absolute Gasteiger partial charge is 0.486 e. The van der Waals surface area contributed by atoms with Crippen LogP contribution in [0.5, 0.6) is 5.75 Å². The Labute approximate surface area is 163 Å². The number of para-hydroxylation sites is 1. The lowest BCUT2D eigenvalue weighted by atomic mass is 10.1. The number of hydrogen-bond donors (Lipinski definition) is 2. The number of aliphatic carboxylic acids is 1. The van der Waals surface area contributed by atoms with Gasteiger partial charge in [-0.25, -0.2) is 9.78 Å². The monoisotopic (exact) mass is 381 g/mol. The second-order valence-corrected chi connectivity index (χ2v) is 6.59. The van der Waals surface area contributed by atoms with E-state index in [1.54, 1.807) is 24.3 Å². The Morgan fingerprint density at radius 2 is 2.04 bits per heavy atom. The maximum Gasteiger partial charge on any atom is 0.326 e. The minimum atomic E-state index is -1.05. The second-order valence-electron chi connectivity index (χ2n) is 6.59. The highest BCUT2D eigenvalue weighted by Gasteiger charge is 2.21. The highest BCUT2D eigenvalue weighted by Crippen LogP contribution is 2.20. The molecule has 146 valence electrons. The number of benzene rings is 1. The topological polar surface area (TPSA) is 92.9 Å². The number of carbonyl (C=O) groups excluding carboxylic acids is 1. The molecule has 0 fully saturated rings. The van der Waals surface area contributed by atoms with Crippen molar-refractivity contribution in [3.63, 3.8) is 0 Å². The number of carbonyl (C=O) groups is 2. The number of imidazole rings is 1. The van der Waals surface area contributed by atoms with Crippen LogP contribution in [0.15, 0.2) is 48.8 Å². The van der Waals surface area contributed by atoms with E-state index in [4.69, 9.17) is 4.74 Å². The third kappa shape index (κ3) is 4.31. The van der Waals surface area contributed by atoms with Gasteiger partial charge in [0.25, 0.3) is 5.91 Å². The summed E-state index contributed by atoms with van der Waals surface area (Å²) in [7, 11) is 0. The normalized spacial score (nSPS) is 11.9. The fraction of sp³-hybridized carbons (Fsp3) is 0.286. The first kappa shape index (κ1) is 19.4. The third-order valence-electron chi connectivity index (χ3n) is 4.42. The van der Waals surface area contributed by atoms with Gasteiger partial charge in [-0.05, 0) is 37.1 Å². The molecule has 0 saturated carbocycles. The van der Waals surface area contributed by atoms with Gasteiger partial charge in [0.1, 0.15) is 24.0 Å². The Morgan fingerprint density at radius 1 is 1.25 bits per heavy atom. The molecule has 2 N–H and O–H groups in total. The first-order chi connectivity index (χ1) is 13.5. The molecule has 1 atom stereocenters. The lowest BCUT2D eigenvalue weighted by Gasteiger charge is -2.15. The van der Waals surface area contributed by atoms with E-state index in [1.165, 1.54) is 0 Å². The van der Waals surface area contributed by atoms with Gasteiger partial charge in [0.05, 0.1) is 11.3 Å². The third-order valence-corrected chi connectivity index (χ3v) is 4.42. The van der Waals surface area contributed by atoms with Crippen LogP contribution >= 0.6 is 0 Å². The summed E-state index contributed by atoms with van der Waals surface area (Å²) < 4.78 is 7.76. The molecule has 1 unspecified atom stereocenters. The van der Waals surface area contributed by atoms with Crippen LogP contribution in [0.25, 0.3) is 5.65 Å². The van der Waals surface area contributed by atoms with Gasteiger partial charge in [-0.15, -0.1) is 0 Å². The number of nitrogens with one attached hydrogen (secondary N) is 1. The summed E-state index contributed by atoms with van der Waals surface area (Å²) in [6.07, 6.45) is 4.82. The van der Waals surface area contributed by atoms with Crippen molar-refractivity contribution >= 4 is 17.5 Å². The SMILES string of the molecule is CCCC(NC(=O)c1ccccc1OCc1cn2cccc(C)c2n1)C(=O)O. The first-order valence-corrected chi connectivity index (χ1v) is 9.18. The molecular formula is C21H23N3O4. The minimum Gasteiger partial charge on any atom is -0.486 e. The number of ether oxygens (including phenoxy) is 1. The molecule has 3 aromatic rings. The second kappa shape index (κ2) is 8.56. The van der Waals surface area contributed by atoms with Crippen molar-refractivity contribution in [2.45, 2.75) is 39.3 Å². The zero-order valence-corrected chi connectivity index (χ0v) is 15.9. The van der Waals surface area contributed by atoms with E-state index in [-0.39, 0.29) is 6.61 Å². The van der Waals surface area contributed by atoms with Crippen molar-refractivity contribution in [3.8, 4) is 5.75 Å². The molecule has 1 aromatic carbocycles. The van der Waals surface area contributed by atoms with E-state index in [9.17, 15) is 14.7 Å². The van der Waals surface area contributed by atoms with E-state index >= 15 is 0 Å². The molecule has 0 aliphatic heterocycles. The predicted molar refractivity (Wildman–Crippen MR) is 105 cm³/mol. The molecule has 2 heterocycles. The predicted octanol–water partition coefficient (Wildman–Crippen LogP) is 3.20. The molecular weight excluding hydrogens is 358 g/mol. The van der Waals surface area contributed by atoms with Crippen LogP contribution < -0.4 is 10.1 Å². The zero-order valence-electron chi connectivity index (χ0n) is 15.9. The van der Waals surface area contributed by atoms with E-state index in [1.807, 2.05) is 42.8 Å². The number of fused-ring (bicyclic) bond motifs is 1. The molecule has 0 aliphatic carbocycles. The summed E-state index contributed by atoms with van der Waals surface area (Å²) in [4.78, 5) is 28.4. The molecule has 7 nitrogen and oxygen atoms in total. The number of nitrogens with zero attached hydrogens (tertiary/aromatic N) is 2. The molecule has 0 saturated heterocycles. The van der Waals surface area contributed by atoms with Crippen LogP contribution in [-0.4, -0.2) is 32.4 Å². The summed E-state index contributed by atoms with van der Waals surface area (Å²) in [6.45, 7) is 4.06. The van der Waals surface area contributed by atoms with Gasteiger partial charge >= 0.3 is 5.97 Å². The van der Waals surface area contributed by atoms with Crippen molar-refractivity contribution in [2.75, 3.05) is 0 Å². The Morgan fingerprint density at radius 3 is 2.75 bits per heavy atom. The summed E-state index contributed by atoms with van der Waals surface area (Å²) in [6, 6.07) is 9.79. The first-order valence-electron chi connectivity index (χ1n) is 9.18. The van der Waals surface area contributed by atoms with Crippen molar-refractivity contribution in [3.05, 3.63) is 65.6 Å². The highest BCUT2D eigenvalue weighted by atomic mass is 16.5. The number of aromatic nitrogens is 2. The van der Waals surface area contributed by atoms with Crippen LogP contribution in [0.1, 0.15) is 41.4 Å². The maximum absolute atomic E-state index is 12.6. The van der Waals surface area contributed by atoms with Gasteiger partial charge in [-0.1, -0.05) is 31.5 Å². The van der Waals surface area contributed by atoms with Crippen molar-refractivity contribution in [1.82, 2.24) is 14.7 Å². The molecule has 7 heteroatoms. The average molecular weight is 381 g/mol. The van der Waals surface area contributed by atoms with Crippen LogP contribution in [0.4, 0.5) is 0 Å². The maximum atomic E-state index is 12.6. The minimum absolute atomic E-state index is 0.197. The summed E-state index contributed by atoms with van der Waals surface area (Å²) in [5.41, 5.74) is 2.95. The Hall–Kier alpha value is -3.35. The fourth-order valence-electron chi connectivity index (χ4n) is 2.99. The van der Waals surface area contributed by atoms with Crippen LogP contribution in [-0.2, 0) is 11.4 Å². The summed E-state index contributed by atoms with van der Waals surface area (Å²) in [5.74, 6) is -1.13. The smallest absolute Gasteiger partial charge is 0.326 e. The molecule has 0 radical (unpaired) electrons. The van der Waals surface area contributed by atoms with Gasteiger partial charge in [0.15, 0.2) is 0 Å². The van der Waals surface area contributed by atoms with Crippen LogP contribution in [0.2, 0.25) is 0 Å². The number of amides is 1. The molecule has 0 aliphatic rings. The summed E-state index contributed by atoms with van der Waals surface area (Å²) >= 11 is 0. The van der Waals surface area contributed by atoms with Crippen LogP contribution in [0.3, 0.4) is 0 Å². The Kier molecular flexibility index (Phi) is 5.93. The molecule has 28 heavy (non-hydrogen) atoms. The standard InChI is InChI=1S/C21H23N3O4/c1-3-7-17(21(26)27)23-20(25)16-9-4-5-10-18(16)28-13-15-12-24-11-6-8-14(2)19(24)22-15/h4-6,8-12,17H,3,7,13H2,1-2H3,(H,23,25)(H,26,27). The number of hydrogen-bond acceptors (Lipinski definition) is 4. The van der Waals surface area contributed by atoms with Crippen LogP contribution in [0, 0.1) is 6.92 Å². The fourth-order valence-corrected chi connectivity index (χ4v) is 2.99. The van der Waals surface area contributed by atoms with E-state index in [0.717, 1.165) is 16.9 Å². The molecule has 1 amide bonds. The molecule has 0 spiro atoms. The average Bonchev–Trinajstić information content (AvgIpc) is 3.10. The van der Waals surface area contributed by atoms with E-state index < -0.39 is 17.9 Å². The number of aryl methyl sites for hydroxylation is 1.